The predicted octanol–water partition coefficient (Wildman–Crippen LogP) is 2.36. The highest BCUT2D eigenvalue weighted by molar-refractivity contribution is 6.32. The van der Waals surface area contributed by atoms with Crippen molar-refractivity contribution in [2.24, 2.45) is 11.7 Å². The van der Waals surface area contributed by atoms with Gasteiger partial charge in [0.05, 0.1) is 24.9 Å². The van der Waals surface area contributed by atoms with Gasteiger partial charge in [0, 0.05) is 18.7 Å². The number of rotatable bonds is 6. The minimum Gasteiger partial charge on any atom is -0.495 e. The highest BCUT2D eigenvalue weighted by atomic mass is 35.5. The molecule has 3 N–H and O–H groups in total. The molecule has 0 fully saturated rings. The van der Waals surface area contributed by atoms with Crippen LogP contribution >= 0.6 is 11.6 Å². The van der Waals surface area contributed by atoms with Crippen molar-refractivity contribution >= 4 is 17.3 Å². The third kappa shape index (κ3) is 3.68. The van der Waals surface area contributed by atoms with Crippen LogP contribution in [0.15, 0.2) is 12.1 Å². The summed E-state index contributed by atoms with van der Waals surface area (Å²) in [5.41, 5.74) is 6.43. The molecule has 1 atom stereocenters. The summed E-state index contributed by atoms with van der Waals surface area (Å²) in [6, 6.07) is 3.56. The summed E-state index contributed by atoms with van der Waals surface area (Å²) < 4.78 is 10.4. The van der Waals surface area contributed by atoms with E-state index in [0.717, 1.165) is 12.2 Å². The van der Waals surface area contributed by atoms with Gasteiger partial charge in [-0.25, -0.2) is 0 Å². The van der Waals surface area contributed by atoms with Gasteiger partial charge in [-0.15, -0.1) is 0 Å². The SMILES string of the molecule is COc1cc(NCC(C)CN)c(OC)cc1Cl. The fraction of sp³-hybridized carbons (Fsp3) is 0.500. The Morgan fingerprint density at radius 1 is 1.29 bits per heavy atom. The summed E-state index contributed by atoms with van der Waals surface area (Å²) in [4.78, 5) is 0. The summed E-state index contributed by atoms with van der Waals surface area (Å²) in [5, 5.41) is 3.80. The summed E-state index contributed by atoms with van der Waals surface area (Å²) in [7, 11) is 3.19. The van der Waals surface area contributed by atoms with Crippen LogP contribution < -0.4 is 20.5 Å². The van der Waals surface area contributed by atoms with E-state index in [0.29, 0.717) is 29.0 Å². The Balaban J connectivity index is 2.88. The smallest absolute Gasteiger partial charge is 0.143 e. The predicted molar refractivity (Wildman–Crippen MR) is 71.3 cm³/mol. The summed E-state index contributed by atoms with van der Waals surface area (Å²) in [5.74, 6) is 1.71. The Kier molecular flexibility index (Phi) is 5.38. The van der Waals surface area contributed by atoms with Crippen LogP contribution in [-0.4, -0.2) is 27.3 Å². The number of ether oxygens (including phenoxy) is 2. The summed E-state index contributed by atoms with van der Waals surface area (Å²) in [6.07, 6.45) is 0. The maximum atomic E-state index is 6.02. The topological polar surface area (TPSA) is 56.5 Å². The van der Waals surface area contributed by atoms with E-state index in [-0.39, 0.29) is 0 Å². The molecule has 0 aromatic heterocycles. The molecule has 17 heavy (non-hydrogen) atoms. The second kappa shape index (κ2) is 6.57. The van der Waals surface area contributed by atoms with Crippen LogP contribution in [-0.2, 0) is 0 Å². The van der Waals surface area contributed by atoms with E-state index in [9.17, 15) is 0 Å². The number of benzene rings is 1. The fourth-order valence-electron chi connectivity index (χ4n) is 1.37. The van der Waals surface area contributed by atoms with Crippen LogP contribution in [0.4, 0.5) is 5.69 Å². The maximum absolute atomic E-state index is 6.02. The minimum absolute atomic E-state index is 0.390. The molecule has 0 bridgehead atoms. The molecule has 0 heterocycles. The zero-order valence-electron chi connectivity index (χ0n) is 10.4. The molecular formula is C12H19ClN2O2. The zero-order valence-corrected chi connectivity index (χ0v) is 11.2. The first-order chi connectivity index (χ1) is 8.12. The van der Waals surface area contributed by atoms with Gasteiger partial charge in [-0.1, -0.05) is 18.5 Å². The molecule has 0 aliphatic carbocycles. The molecule has 1 aromatic rings. The first-order valence-corrected chi connectivity index (χ1v) is 5.85. The molecule has 0 aliphatic heterocycles. The Morgan fingerprint density at radius 2 is 1.94 bits per heavy atom. The molecule has 0 aliphatic rings. The number of hydrogen-bond acceptors (Lipinski definition) is 4. The largest absolute Gasteiger partial charge is 0.495 e. The molecular weight excluding hydrogens is 240 g/mol. The molecule has 1 aromatic carbocycles. The van der Waals surface area contributed by atoms with E-state index in [1.807, 2.05) is 6.07 Å². The van der Waals surface area contributed by atoms with Crippen molar-refractivity contribution in [3.63, 3.8) is 0 Å². The van der Waals surface area contributed by atoms with Crippen LogP contribution in [0.1, 0.15) is 6.92 Å². The van der Waals surface area contributed by atoms with Gasteiger partial charge in [0.1, 0.15) is 11.5 Å². The van der Waals surface area contributed by atoms with Crippen molar-refractivity contribution < 1.29 is 9.47 Å². The Labute approximate surface area is 107 Å². The van der Waals surface area contributed by atoms with Gasteiger partial charge in [0.25, 0.3) is 0 Å². The summed E-state index contributed by atoms with van der Waals surface area (Å²) >= 11 is 6.02. The second-order valence-electron chi connectivity index (χ2n) is 3.91. The lowest BCUT2D eigenvalue weighted by Gasteiger charge is -2.16. The van der Waals surface area contributed by atoms with Crippen molar-refractivity contribution in [1.29, 1.82) is 0 Å². The number of halogens is 1. The van der Waals surface area contributed by atoms with Crippen molar-refractivity contribution in [2.75, 3.05) is 32.6 Å². The lowest BCUT2D eigenvalue weighted by Crippen LogP contribution is -2.20. The molecule has 1 rings (SSSR count). The normalized spacial score (nSPS) is 12.1. The van der Waals surface area contributed by atoms with Crippen molar-refractivity contribution in [3.8, 4) is 11.5 Å². The second-order valence-corrected chi connectivity index (χ2v) is 4.32. The molecule has 0 saturated heterocycles. The highest BCUT2D eigenvalue weighted by Gasteiger charge is 2.10. The van der Waals surface area contributed by atoms with Crippen LogP contribution in [0.2, 0.25) is 5.02 Å². The molecule has 0 amide bonds. The third-order valence-electron chi connectivity index (χ3n) is 2.52. The standard InChI is InChI=1S/C12H19ClN2O2/c1-8(6-14)7-15-10-5-11(16-2)9(13)4-12(10)17-3/h4-5,8,15H,6-7,14H2,1-3H3. The van der Waals surface area contributed by atoms with Gasteiger partial charge < -0.3 is 20.5 Å². The van der Waals surface area contributed by atoms with Crippen LogP contribution in [0.5, 0.6) is 11.5 Å². The van der Waals surface area contributed by atoms with Crippen molar-refractivity contribution in [3.05, 3.63) is 17.2 Å². The maximum Gasteiger partial charge on any atom is 0.143 e. The van der Waals surface area contributed by atoms with Crippen molar-refractivity contribution in [1.82, 2.24) is 0 Å². The van der Waals surface area contributed by atoms with E-state index in [1.165, 1.54) is 0 Å². The molecule has 1 unspecified atom stereocenters. The number of anilines is 1. The first-order valence-electron chi connectivity index (χ1n) is 5.47. The lowest BCUT2D eigenvalue weighted by molar-refractivity contribution is 0.404. The Morgan fingerprint density at radius 3 is 2.47 bits per heavy atom. The molecule has 5 heteroatoms. The van der Waals surface area contributed by atoms with E-state index >= 15 is 0 Å². The summed E-state index contributed by atoms with van der Waals surface area (Å²) in [6.45, 7) is 3.49. The monoisotopic (exact) mass is 258 g/mol. The van der Waals surface area contributed by atoms with Gasteiger partial charge in [-0.05, 0) is 12.5 Å². The first kappa shape index (κ1) is 13.9. The van der Waals surface area contributed by atoms with Gasteiger partial charge in [0.2, 0.25) is 0 Å². The van der Waals surface area contributed by atoms with E-state index in [4.69, 9.17) is 26.8 Å². The molecule has 4 nitrogen and oxygen atoms in total. The average Bonchev–Trinajstić information content (AvgIpc) is 2.36. The van der Waals surface area contributed by atoms with Gasteiger partial charge >= 0.3 is 0 Å². The van der Waals surface area contributed by atoms with Gasteiger partial charge in [-0.3, -0.25) is 0 Å². The zero-order chi connectivity index (χ0) is 12.8. The van der Waals surface area contributed by atoms with Gasteiger partial charge in [-0.2, -0.15) is 0 Å². The number of nitrogens with two attached hydrogens (primary N) is 1. The van der Waals surface area contributed by atoms with Crippen LogP contribution in [0.3, 0.4) is 0 Å². The highest BCUT2D eigenvalue weighted by Crippen LogP contribution is 2.35. The molecule has 0 spiro atoms. The quantitative estimate of drug-likeness (QED) is 0.823. The van der Waals surface area contributed by atoms with Crippen LogP contribution in [0, 0.1) is 5.92 Å². The average molecular weight is 259 g/mol. The number of hydrogen-bond donors (Lipinski definition) is 2. The lowest BCUT2D eigenvalue weighted by atomic mass is 10.2. The number of nitrogens with one attached hydrogen (secondary N) is 1. The van der Waals surface area contributed by atoms with Gasteiger partial charge in [0.15, 0.2) is 0 Å². The number of methoxy groups -OCH3 is 2. The van der Waals surface area contributed by atoms with E-state index in [1.54, 1.807) is 20.3 Å². The van der Waals surface area contributed by atoms with E-state index in [2.05, 4.69) is 12.2 Å². The Hall–Kier alpha value is -1.13. The Bertz CT molecular complexity index is 372. The third-order valence-corrected chi connectivity index (χ3v) is 2.81. The van der Waals surface area contributed by atoms with Crippen LogP contribution in [0.25, 0.3) is 0 Å². The van der Waals surface area contributed by atoms with E-state index < -0.39 is 0 Å². The molecule has 96 valence electrons. The van der Waals surface area contributed by atoms with Crippen molar-refractivity contribution in [2.45, 2.75) is 6.92 Å². The fourth-order valence-corrected chi connectivity index (χ4v) is 1.60. The molecule has 0 radical (unpaired) electrons. The minimum atomic E-state index is 0.390. The molecule has 0 saturated carbocycles.